The lowest BCUT2D eigenvalue weighted by molar-refractivity contribution is -0.153. The number of carboxylic acids is 1. The molecular weight excluding hydrogens is 327 g/mol. The summed E-state index contributed by atoms with van der Waals surface area (Å²) in [6.45, 7) is 1.13. The second-order valence-electron chi connectivity index (χ2n) is 4.62. The molecule has 0 aliphatic heterocycles. The van der Waals surface area contributed by atoms with Gasteiger partial charge < -0.3 is 19.3 Å². The smallest absolute Gasteiger partial charge is 0.348 e. The Balaban J connectivity index is 2.35. The highest BCUT2D eigenvalue weighted by atomic mass is 32.1. The number of thiophene rings is 1. The zero-order valence-electron chi connectivity index (χ0n) is 12.6. The van der Waals surface area contributed by atoms with E-state index in [9.17, 15) is 9.90 Å². The molecule has 2 atom stereocenters. The third-order valence-corrected chi connectivity index (χ3v) is 4.10. The number of ether oxygens (including phenoxy) is 3. The number of aromatic nitrogens is 2. The Labute approximate surface area is 135 Å². The van der Waals surface area contributed by atoms with Gasteiger partial charge in [0.05, 0.1) is 20.3 Å². The molecule has 0 saturated carbocycles. The number of alkyl halides is 1. The second-order valence-corrected chi connectivity index (χ2v) is 5.57. The Morgan fingerprint density at radius 3 is 2.39 bits per heavy atom. The van der Waals surface area contributed by atoms with Crippen molar-refractivity contribution in [1.82, 2.24) is 9.97 Å². The Kier molecular flexibility index (Phi) is 4.99. The van der Waals surface area contributed by atoms with Crippen LogP contribution in [0.2, 0.25) is 0 Å². The third-order valence-electron chi connectivity index (χ3n) is 3.02. The lowest BCUT2D eigenvalue weighted by atomic mass is 9.99. The molecule has 0 radical (unpaired) electrons. The summed E-state index contributed by atoms with van der Waals surface area (Å²) >= 11 is 1.09. The Hall–Kier alpha value is -2.42. The first-order valence-corrected chi connectivity index (χ1v) is 7.36. The minimum absolute atomic E-state index is 0.104. The van der Waals surface area contributed by atoms with Crippen LogP contribution in [0.5, 0.6) is 17.8 Å². The third kappa shape index (κ3) is 3.67. The van der Waals surface area contributed by atoms with Crippen LogP contribution < -0.4 is 14.2 Å². The zero-order valence-corrected chi connectivity index (χ0v) is 13.5. The van der Waals surface area contributed by atoms with Crippen LogP contribution in [0.4, 0.5) is 4.39 Å². The van der Waals surface area contributed by atoms with Gasteiger partial charge in [0.15, 0.2) is 5.67 Å². The van der Waals surface area contributed by atoms with Crippen molar-refractivity contribution < 1.29 is 28.5 Å². The molecule has 0 amide bonds. The summed E-state index contributed by atoms with van der Waals surface area (Å²) in [4.78, 5) is 19.4. The van der Waals surface area contributed by atoms with Crippen molar-refractivity contribution in [2.45, 2.75) is 18.7 Å². The molecule has 0 aromatic carbocycles. The Morgan fingerprint density at radius 2 is 1.96 bits per heavy atom. The molecule has 0 bridgehead atoms. The maximum atomic E-state index is 15.0. The molecule has 124 valence electrons. The highest BCUT2D eigenvalue weighted by molar-refractivity contribution is 7.10. The number of halogens is 1. The van der Waals surface area contributed by atoms with Crippen molar-refractivity contribution in [3.05, 3.63) is 28.5 Å². The number of hydrogen-bond acceptors (Lipinski definition) is 7. The summed E-state index contributed by atoms with van der Waals surface area (Å²) in [5.41, 5.74) is -2.26. The van der Waals surface area contributed by atoms with Crippen molar-refractivity contribution >= 4 is 17.3 Å². The number of carboxylic acid groups (broad SMARTS) is 1. The van der Waals surface area contributed by atoms with Gasteiger partial charge in [0.1, 0.15) is 0 Å². The molecule has 23 heavy (non-hydrogen) atoms. The zero-order chi connectivity index (χ0) is 17.0. The van der Waals surface area contributed by atoms with Crippen LogP contribution in [-0.4, -0.2) is 41.4 Å². The van der Waals surface area contributed by atoms with E-state index in [2.05, 4.69) is 9.97 Å². The molecule has 9 heteroatoms. The van der Waals surface area contributed by atoms with E-state index in [4.69, 9.17) is 14.2 Å². The van der Waals surface area contributed by atoms with E-state index in [0.717, 1.165) is 18.3 Å². The lowest BCUT2D eigenvalue weighted by Gasteiger charge is -2.26. The summed E-state index contributed by atoms with van der Waals surface area (Å²) in [7, 11) is 2.73. The van der Waals surface area contributed by atoms with Crippen LogP contribution in [0.1, 0.15) is 11.8 Å². The van der Waals surface area contributed by atoms with E-state index < -0.39 is 17.7 Å². The Morgan fingerprint density at radius 1 is 1.35 bits per heavy atom. The van der Waals surface area contributed by atoms with Gasteiger partial charge in [-0.15, -0.1) is 11.3 Å². The summed E-state index contributed by atoms with van der Waals surface area (Å²) in [5, 5.41) is 11.0. The van der Waals surface area contributed by atoms with Crippen LogP contribution in [-0.2, 0) is 10.5 Å². The monoisotopic (exact) mass is 342 g/mol. The molecule has 0 fully saturated rings. The SMILES string of the molecule is COc1cc(OC)nc(OC(C(=O)O)C(C)(F)c2cccs2)n1. The number of nitrogens with zero attached hydrogens (tertiary/aromatic N) is 2. The van der Waals surface area contributed by atoms with Crippen molar-refractivity contribution in [3.8, 4) is 17.8 Å². The van der Waals surface area contributed by atoms with Gasteiger partial charge in [-0.25, -0.2) is 9.18 Å². The standard InChI is InChI=1S/C14H15FN2O5S/c1-14(15,8-5-4-6-23-8)11(12(18)19)22-13-16-9(20-2)7-10(17-13)21-3/h4-7,11H,1-3H3,(H,18,19). The molecule has 2 unspecified atom stereocenters. The predicted molar refractivity (Wildman–Crippen MR) is 80.0 cm³/mol. The lowest BCUT2D eigenvalue weighted by Crippen LogP contribution is -2.43. The fraction of sp³-hybridized carbons (Fsp3) is 0.357. The summed E-state index contributed by atoms with van der Waals surface area (Å²) < 4.78 is 30.1. The van der Waals surface area contributed by atoms with Gasteiger partial charge in [-0.2, -0.15) is 9.97 Å². The van der Waals surface area contributed by atoms with E-state index in [-0.39, 0.29) is 22.6 Å². The second kappa shape index (κ2) is 6.78. The first kappa shape index (κ1) is 16.9. The highest BCUT2D eigenvalue weighted by Gasteiger charge is 2.45. The molecule has 2 heterocycles. The molecule has 2 aromatic rings. The van der Waals surface area contributed by atoms with Crippen LogP contribution in [0.15, 0.2) is 23.6 Å². The molecule has 0 aliphatic carbocycles. The molecule has 2 aromatic heterocycles. The molecule has 0 spiro atoms. The van der Waals surface area contributed by atoms with E-state index in [1.165, 1.54) is 26.4 Å². The van der Waals surface area contributed by atoms with Crippen molar-refractivity contribution in [1.29, 1.82) is 0 Å². The molecule has 7 nitrogen and oxygen atoms in total. The van der Waals surface area contributed by atoms with Gasteiger partial charge in [-0.05, 0) is 18.4 Å². The van der Waals surface area contributed by atoms with Gasteiger partial charge in [-0.3, -0.25) is 0 Å². The minimum Gasteiger partial charge on any atom is -0.481 e. The first-order valence-electron chi connectivity index (χ1n) is 6.48. The highest BCUT2D eigenvalue weighted by Crippen LogP contribution is 2.35. The Bertz CT molecular complexity index is 656. The van der Waals surface area contributed by atoms with Crippen LogP contribution in [0.3, 0.4) is 0 Å². The summed E-state index contributed by atoms with van der Waals surface area (Å²) in [5.74, 6) is -1.27. The van der Waals surface area contributed by atoms with Crippen LogP contribution in [0.25, 0.3) is 0 Å². The van der Waals surface area contributed by atoms with E-state index in [1.54, 1.807) is 11.4 Å². The first-order chi connectivity index (χ1) is 10.9. The molecule has 2 rings (SSSR count). The number of carbonyl (C=O) groups is 1. The van der Waals surface area contributed by atoms with Gasteiger partial charge in [-0.1, -0.05) is 6.07 Å². The van der Waals surface area contributed by atoms with E-state index in [0.29, 0.717) is 0 Å². The number of rotatable bonds is 7. The average molecular weight is 342 g/mol. The fourth-order valence-electron chi connectivity index (χ4n) is 1.83. The van der Waals surface area contributed by atoms with Crippen molar-refractivity contribution in [3.63, 3.8) is 0 Å². The molecule has 1 N–H and O–H groups in total. The predicted octanol–water partition coefficient (Wildman–Crippen LogP) is 2.27. The summed E-state index contributed by atoms with van der Waals surface area (Å²) in [6.07, 6.45) is -1.84. The van der Waals surface area contributed by atoms with Crippen molar-refractivity contribution in [2.24, 2.45) is 0 Å². The minimum atomic E-state index is -2.26. The van der Waals surface area contributed by atoms with Crippen LogP contribution in [0, 0.1) is 0 Å². The quantitative estimate of drug-likeness (QED) is 0.825. The van der Waals surface area contributed by atoms with Gasteiger partial charge in [0.2, 0.25) is 17.9 Å². The van der Waals surface area contributed by atoms with E-state index in [1.807, 2.05) is 0 Å². The maximum Gasteiger partial charge on any atom is 0.348 e. The van der Waals surface area contributed by atoms with Crippen LogP contribution >= 0.6 is 11.3 Å². The van der Waals surface area contributed by atoms with Crippen molar-refractivity contribution in [2.75, 3.05) is 14.2 Å². The normalized spacial score (nSPS) is 14.6. The number of aliphatic carboxylic acids is 1. The molecule has 0 aliphatic rings. The van der Waals surface area contributed by atoms with Gasteiger partial charge in [0.25, 0.3) is 0 Å². The largest absolute Gasteiger partial charge is 0.481 e. The summed E-state index contributed by atoms with van der Waals surface area (Å²) in [6, 6.07) is 4.16. The van der Waals surface area contributed by atoms with E-state index >= 15 is 4.39 Å². The molecule has 0 saturated heterocycles. The fourth-order valence-corrected chi connectivity index (χ4v) is 2.63. The number of hydrogen-bond donors (Lipinski definition) is 1. The average Bonchev–Trinajstić information content (AvgIpc) is 3.07. The maximum absolute atomic E-state index is 15.0. The van der Waals surface area contributed by atoms with Gasteiger partial charge in [0, 0.05) is 4.88 Å². The molecular formula is C14H15FN2O5S. The number of methoxy groups -OCH3 is 2. The topological polar surface area (TPSA) is 90.8 Å². The van der Waals surface area contributed by atoms with Gasteiger partial charge >= 0.3 is 12.0 Å².